The van der Waals surface area contributed by atoms with Crippen LogP contribution in [-0.2, 0) is 0 Å². The standard InChI is InChI=1S/C13H17N3/c1-9(2)8-11(14)10-4-3-5-12-13(10)16-7-6-15-12/h3-7,9,11H,8,14H2,1-2H3. The molecule has 0 fully saturated rings. The maximum absolute atomic E-state index is 6.19. The van der Waals surface area contributed by atoms with E-state index in [1.165, 1.54) is 0 Å². The third-order valence-corrected chi connectivity index (χ3v) is 2.65. The highest BCUT2D eigenvalue weighted by atomic mass is 14.8. The highest BCUT2D eigenvalue weighted by Gasteiger charge is 2.12. The summed E-state index contributed by atoms with van der Waals surface area (Å²) in [6, 6.07) is 6.05. The molecular formula is C13H17N3. The maximum Gasteiger partial charge on any atom is 0.0934 e. The number of para-hydroxylation sites is 1. The number of hydrogen-bond acceptors (Lipinski definition) is 3. The molecule has 1 unspecified atom stereocenters. The first kappa shape index (κ1) is 11.0. The normalized spacial score (nSPS) is 13.2. The zero-order valence-electron chi connectivity index (χ0n) is 9.72. The van der Waals surface area contributed by atoms with Gasteiger partial charge in [-0.2, -0.15) is 0 Å². The van der Waals surface area contributed by atoms with Crippen LogP contribution in [0, 0.1) is 5.92 Å². The van der Waals surface area contributed by atoms with Gasteiger partial charge < -0.3 is 5.73 Å². The molecule has 16 heavy (non-hydrogen) atoms. The number of fused-ring (bicyclic) bond motifs is 1. The van der Waals surface area contributed by atoms with E-state index in [-0.39, 0.29) is 6.04 Å². The van der Waals surface area contributed by atoms with E-state index in [1.54, 1.807) is 12.4 Å². The highest BCUT2D eigenvalue weighted by Crippen LogP contribution is 2.24. The Bertz CT molecular complexity index is 474. The molecular weight excluding hydrogens is 198 g/mol. The third kappa shape index (κ3) is 2.19. The predicted octanol–water partition coefficient (Wildman–Crippen LogP) is 2.68. The number of benzene rings is 1. The molecule has 0 bridgehead atoms. The van der Waals surface area contributed by atoms with Crippen LogP contribution in [0.4, 0.5) is 0 Å². The minimum absolute atomic E-state index is 0.0420. The molecule has 0 spiro atoms. The van der Waals surface area contributed by atoms with E-state index < -0.39 is 0 Å². The van der Waals surface area contributed by atoms with Gasteiger partial charge in [0.2, 0.25) is 0 Å². The molecule has 3 nitrogen and oxygen atoms in total. The molecule has 0 radical (unpaired) electrons. The molecule has 0 amide bonds. The molecule has 0 aliphatic rings. The molecule has 1 aromatic carbocycles. The van der Waals surface area contributed by atoms with Gasteiger partial charge >= 0.3 is 0 Å². The van der Waals surface area contributed by atoms with Crippen LogP contribution in [-0.4, -0.2) is 9.97 Å². The zero-order chi connectivity index (χ0) is 11.5. The lowest BCUT2D eigenvalue weighted by atomic mass is 9.97. The summed E-state index contributed by atoms with van der Waals surface area (Å²) in [5, 5.41) is 0. The van der Waals surface area contributed by atoms with Crippen molar-refractivity contribution >= 4 is 11.0 Å². The molecule has 84 valence electrons. The quantitative estimate of drug-likeness (QED) is 0.856. The van der Waals surface area contributed by atoms with Gasteiger partial charge in [-0.05, 0) is 24.0 Å². The van der Waals surface area contributed by atoms with E-state index in [2.05, 4.69) is 23.8 Å². The Balaban J connectivity index is 2.44. The van der Waals surface area contributed by atoms with Crippen molar-refractivity contribution in [2.24, 2.45) is 11.7 Å². The van der Waals surface area contributed by atoms with Crippen LogP contribution in [0.3, 0.4) is 0 Å². The van der Waals surface area contributed by atoms with E-state index in [1.807, 2.05) is 18.2 Å². The second-order valence-corrected chi connectivity index (χ2v) is 4.51. The fraction of sp³-hybridized carbons (Fsp3) is 0.385. The maximum atomic E-state index is 6.19. The number of rotatable bonds is 3. The molecule has 2 aromatic rings. The molecule has 0 aliphatic carbocycles. The van der Waals surface area contributed by atoms with Crippen LogP contribution in [0.15, 0.2) is 30.6 Å². The van der Waals surface area contributed by atoms with E-state index in [4.69, 9.17) is 5.73 Å². The largest absolute Gasteiger partial charge is 0.324 e. The van der Waals surface area contributed by atoms with Crippen molar-refractivity contribution in [2.75, 3.05) is 0 Å². The SMILES string of the molecule is CC(C)CC(N)c1cccc2nccnc12. The van der Waals surface area contributed by atoms with E-state index in [9.17, 15) is 0 Å². The summed E-state index contributed by atoms with van der Waals surface area (Å²) < 4.78 is 0. The molecule has 2 rings (SSSR count). The monoisotopic (exact) mass is 215 g/mol. The van der Waals surface area contributed by atoms with Crippen LogP contribution in [0.1, 0.15) is 31.9 Å². The van der Waals surface area contributed by atoms with Crippen molar-refractivity contribution in [1.82, 2.24) is 9.97 Å². The smallest absolute Gasteiger partial charge is 0.0934 e. The average Bonchev–Trinajstić information content (AvgIpc) is 2.27. The molecule has 1 heterocycles. The fourth-order valence-electron chi connectivity index (χ4n) is 1.95. The Hall–Kier alpha value is -1.48. The van der Waals surface area contributed by atoms with Crippen molar-refractivity contribution in [1.29, 1.82) is 0 Å². The second-order valence-electron chi connectivity index (χ2n) is 4.51. The van der Waals surface area contributed by atoms with Crippen LogP contribution in [0.25, 0.3) is 11.0 Å². The molecule has 1 atom stereocenters. The van der Waals surface area contributed by atoms with Gasteiger partial charge in [-0.1, -0.05) is 26.0 Å². The van der Waals surface area contributed by atoms with Gasteiger partial charge in [0.25, 0.3) is 0 Å². The molecule has 0 saturated carbocycles. The molecule has 0 aliphatic heterocycles. The summed E-state index contributed by atoms with van der Waals surface area (Å²) in [6.07, 6.45) is 4.39. The predicted molar refractivity (Wildman–Crippen MR) is 65.9 cm³/mol. The lowest BCUT2D eigenvalue weighted by Gasteiger charge is -2.15. The minimum atomic E-state index is 0.0420. The summed E-state index contributed by atoms with van der Waals surface area (Å²) in [6.45, 7) is 4.35. The van der Waals surface area contributed by atoms with Crippen LogP contribution < -0.4 is 5.73 Å². The van der Waals surface area contributed by atoms with E-state index in [0.717, 1.165) is 23.0 Å². The number of aromatic nitrogens is 2. The van der Waals surface area contributed by atoms with Gasteiger partial charge in [0, 0.05) is 18.4 Å². The number of nitrogens with zero attached hydrogens (tertiary/aromatic N) is 2. The molecule has 0 saturated heterocycles. The zero-order valence-corrected chi connectivity index (χ0v) is 9.72. The Morgan fingerprint density at radius 1 is 1.19 bits per heavy atom. The Labute approximate surface area is 95.7 Å². The fourth-order valence-corrected chi connectivity index (χ4v) is 1.95. The first-order valence-electron chi connectivity index (χ1n) is 5.63. The lowest BCUT2D eigenvalue weighted by Crippen LogP contribution is -2.13. The van der Waals surface area contributed by atoms with Crippen molar-refractivity contribution < 1.29 is 0 Å². The van der Waals surface area contributed by atoms with Crippen molar-refractivity contribution in [2.45, 2.75) is 26.3 Å². The summed E-state index contributed by atoms with van der Waals surface area (Å²) in [7, 11) is 0. The minimum Gasteiger partial charge on any atom is -0.324 e. The van der Waals surface area contributed by atoms with E-state index >= 15 is 0 Å². The lowest BCUT2D eigenvalue weighted by molar-refractivity contribution is 0.511. The van der Waals surface area contributed by atoms with Crippen LogP contribution in [0.2, 0.25) is 0 Å². The molecule has 3 heteroatoms. The summed E-state index contributed by atoms with van der Waals surface area (Å²) in [4.78, 5) is 8.65. The van der Waals surface area contributed by atoms with Crippen molar-refractivity contribution in [3.05, 3.63) is 36.2 Å². The summed E-state index contributed by atoms with van der Waals surface area (Å²) in [5.41, 5.74) is 9.14. The highest BCUT2D eigenvalue weighted by molar-refractivity contribution is 5.77. The Morgan fingerprint density at radius 2 is 1.94 bits per heavy atom. The number of nitrogens with two attached hydrogens (primary N) is 1. The third-order valence-electron chi connectivity index (χ3n) is 2.65. The van der Waals surface area contributed by atoms with Gasteiger partial charge in [-0.3, -0.25) is 9.97 Å². The van der Waals surface area contributed by atoms with Gasteiger partial charge in [-0.15, -0.1) is 0 Å². The first-order valence-corrected chi connectivity index (χ1v) is 5.63. The van der Waals surface area contributed by atoms with E-state index in [0.29, 0.717) is 5.92 Å². The van der Waals surface area contributed by atoms with Crippen LogP contribution >= 0.6 is 0 Å². The van der Waals surface area contributed by atoms with Crippen molar-refractivity contribution in [3.8, 4) is 0 Å². The Kier molecular flexibility index (Phi) is 3.15. The summed E-state index contributed by atoms with van der Waals surface area (Å²) in [5.74, 6) is 0.585. The van der Waals surface area contributed by atoms with Gasteiger partial charge in [0.1, 0.15) is 0 Å². The Morgan fingerprint density at radius 3 is 2.69 bits per heavy atom. The van der Waals surface area contributed by atoms with Gasteiger partial charge in [0.05, 0.1) is 11.0 Å². The average molecular weight is 215 g/mol. The molecule has 1 aromatic heterocycles. The van der Waals surface area contributed by atoms with Crippen LogP contribution in [0.5, 0.6) is 0 Å². The van der Waals surface area contributed by atoms with Crippen molar-refractivity contribution in [3.63, 3.8) is 0 Å². The first-order chi connectivity index (χ1) is 7.68. The topological polar surface area (TPSA) is 51.8 Å². The number of hydrogen-bond donors (Lipinski definition) is 1. The van der Waals surface area contributed by atoms with Gasteiger partial charge in [0.15, 0.2) is 0 Å². The summed E-state index contributed by atoms with van der Waals surface area (Å²) >= 11 is 0. The molecule has 2 N–H and O–H groups in total. The second kappa shape index (κ2) is 4.58. The van der Waals surface area contributed by atoms with Gasteiger partial charge in [-0.25, -0.2) is 0 Å².